The van der Waals surface area contributed by atoms with Gasteiger partial charge in [0.2, 0.25) is 10.5 Å². The van der Waals surface area contributed by atoms with Crippen molar-refractivity contribution in [2.75, 3.05) is 6.61 Å². The minimum absolute atomic E-state index is 0.165. The number of aliphatic hydroxyl groups excluding tert-OH is 1. The van der Waals surface area contributed by atoms with Crippen LogP contribution < -0.4 is 0 Å². The van der Waals surface area contributed by atoms with Crippen LogP contribution >= 0.6 is 0 Å². The lowest BCUT2D eigenvalue weighted by atomic mass is 9.69. The van der Waals surface area contributed by atoms with E-state index in [1.54, 1.807) is 12.4 Å². The van der Waals surface area contributed by atoms with Crippen LogP contribution in [0.2, 0.25) is 0 Å². The van der Waals surface area contributed by atoms with E-state index in [4.69, 9.17) is 9.16 Å². The molecule has 1 aliphatic rings. The van der Waals surface area contributed by atoms with Crippen LogP contribution in [0, 0.1) is 17.3 Å². The van der Waals surface area contributed by atoms with Crippen LogP contribution in [0.4, 0.5) is 0 Å². The Morgan fingerprint density at radius 2 is 2.13 bits per heavy atom. The molecule has 3 radical (unpaired) electrons. The number of aromatic nitrogens is 1. The van der Waals surface area contributed by atoms with Crippen molar-refractivity contribution in [1.29, 1.82) is 0 Å². The Balaban J connectivity index is 2.33. The van der Waals surface area contributed by atoms with Crippen molar-refractivity contribution in [3.05, 3.63) is 30.1 Å². The van der Waals surface area contributed by atoms with E-state index in [9.17, 15) is 5.11 Å². The van der Waals surface area contributed by atoms with Gasteiger partial charge in [0.1, 0.15) is 0 Å². The van der Waals surface area contributed by atoms with Crippen LogP contribution in [0.15, 0.2) is 24.5 Å². The predicted molar refractivity (Wildman–Crippen MR) is 90.9 cm³/mol. The van der Waals surface area contributed by atoms with Gasteiger partial charge in [0.25, 0.3) is 0 Å². The standard InChI is InChI=1S/C18H28NO3Si/c1-12(9-17(2,3)4)18(5,22-23)15-14(20)11-21-16(15)13-7-6-8-19-10-13/h6-8,10,12,14-16,20H,9,11H2,1-5H3/t12?,14-,15-,16+,18?/m0/s1. The number of rotatable bonds is 5. The highest BCUT2D eigenvalue weighted by molar-refractivity contribution is 5.98. The molecular formula is C18H28NO3Si. The van der Waals surface area contributed by atoms with Crippen molar-refractivity contribution in [3.8, 4) is 0 Å². The summed E-state index contributed by atoms with van der Waals surface area (Å²) in [7, 11) is 3.29. The zero-order chi connectivity index (χ0) is 17.3. The molecule has 1 aliphatic heterocycles. The summed E-state index contributed by atoms with van der Waals surface area (Å²) in [6.07, 6.45) is 3.74. The quantitative estimate of drug-likeness (QED) is 0.841. The van der Waals surface area contributed by atoms with Crippen LogP contribution in [0.5, 0.6) is 0 Å². The van der Waals surface area contributed by atoms with Gasteiger partial charge in [0.05, 0.1) is 24.4 Å². The molecule has 0 aromatic carbocycles. The summed E-state index contributed by atoms with van der Waals surface area (Å²) in [5, 5.41) is 10.6. The third kappa shape index (κ3) is 4.02. The van der Waals surface area contributed by atoms with E-state index in [0.717, 1.165) is 12.0 Å². The molecule has 127 valence electrons. The molecule has 0 saturated carbocycles. The number of hydrogen-bond donors (Lipinski definition) is 1. The zero-order valence-corrected chi connectivity index (χ0v) is 15.7. The number of aliphatic hydroxyl groups is 1. The smallest absolute Gasteiger partial charge is 0.247 e. The molecular weight excluding hydrogens is 306 g/mol. The van der Waals surface area contributed by atoms with Crippen LogP contribution in [0.3, 0.4) is 0 Å². The van der Waals surface area contributed by atoms with Gasteiger partial charge in [-0.15, -0.1) is 0 Å². The van der Waals surface area contributed by atoms with Crippen molar-refractivity contribution in [3.63, 3.8) is 0 Å². The fraction of sp³-hybridized carbons (Fsp3) is 0.722. The highest BCUT2D eigenvalue weighted by atomic mass is 28.2. The Kier molecular flexibility index (Phi) is 5.66. The maximum atomic E-state index is 10.6. The van der Waals surface area contributed by atoms with Crippen molar-refractivity contribution >= 4 is 10.5 Å². The molecule has 1 N–H and O–H groups in total. The topological polar surface area (TPSA) is 51.6 Å². The molecule has 5 heteroatoms. The normalized spacial score (nSPS) is 29.3. The Bertz CT molecular complexity index is 505. The van der Waals surface area contributed by atoms with E-state index in [1.807, 2.05) is 12.1 Å². The second-order valence-electron chi connectivity index (χ2n) is 8.09. The summed E-state index contributed by atoms with van der Waals surface area (Å²) in [5.41, 5.74) is 0.604. The van der Waals surface area contributed by atoms with Gasteiger partial charge in [-0.2, -0.15) is 0 Å². The lowest BCUT2D eigenvalue weighted by Crippen LogP contribution is -2.49. The molecule has 5 atom stereocenters. The van der Waals surface area contributed by atoms with E-state index in [0.29, 0.717) is 6.61 Å². The lowest BCUT2D eigenvalue weighted by molar-refractivity contribution is -0.0811. The summed E-state index contributed by atoms with van der Waals surface area (Å²) in [5.74, 6) is 0.0714. The zero-order valence-electron chi connectivity index (χ0n) is 14.7. The lowest BCUT2D eigenvalue weighted by Gasteiger charge is -2.45. The SMILES string of the molecule is CC(CC(C)(C)C)C(C)(O[Si])[C@@H]1[C@@H](c2cccnc2)OC[C@@H]1O. The van der Waals surface area contributed by atoms with Crippen LogP contribution in [-0.2, 0) is 9.16 Å². The fourth-order valence-electron chi connectivity index (χ4n) is 3.76. The van der Waals surface area contributed by atoms with E-state index in [-0.39, 0.29) is 23.4 Å². The molecule has 0 amide bonds. The highest BCUT2D eigenvalue weighted by Crippen LogP contribution is 2.47. The third-order valence-electron chi connectivity index (χ3n) is 4.98. The van der Waals surface area contributed by atoms with Gasteiger partial charge < -0.3 is 14.3 Å². The molecule has 1 aromatic rings. The van der Waals surface area contributed by atoms with Gasteiger partial charge in [0.15, 0.2) is 0 Å². The molecule has 0 spiro atoms. The van der Waals surface area contributed by atoms with E-state index >= 15 is 0 Å². The largest absolute Gasteiger partial charge is 0.413 e. The average Bonchev–Trinajstić information content (AvgIpc) is 2.88. The fourth-order valence-corrected chi connectivity index (χ4v) is 4.10. The van der Waals surface area contributed by atoms with Crippen molar-refractivity contribution in [2.45, 2.75) is 58.8 Å². The molecule has 2 rings (SSSR count). The Labute approximate surface area is 143 Å². The van der Waals surface area contributed by atoms with Gasteiger partial charge in [-0.05, 0) is 36.3 Å². The summed E-state index contributed by atoms with van der Waals surface area (Å²) >= 11 is 0. The molecule has 2 unspecified atom stereocenters. The first-order chi connectivity index (χ1) is 10.7. The van der Waals surface area contributed by atoms with Crippen LogP contribution in [0.25, 0.3) is 0 Å². The highest BCUT2D eigenvalue weighted by Gasteiger charge is 2.51. The number of nitrogens with zero attached hydrogens (tertiary/aromatic N) is 1. The number of hydrogen-bond acceptors (Lipinski definition) is 4. The maximum absolute atomic E-state index is 10.6. The van der Waals surface area contributed by atoms with E-state index in [1.165, 1.54) is 0 Å². The molecule has 2 heterocycles. The van der Waals surface area contributed by atoms with E-state index < -0.39 is 11.7 Å². The Morgan fingerprint density at radius 3 is 2.65 bits per heavy atom. The summed E-state index contributed by atoms with van der Waals surface area (Å²) in [6.45, 7) is 11.2. The molecule has 1 fully saturated rings. The second kappa shape index (κ2) is 7.01. The van der Waals surface area contributed by atoms with Gasteiger partial charge in [-0.25, -0.2) is 0 Å². The third-order valence-corrected chi connectivity index (χ3v) is 5.42. The van der Waals surface area contributed by atoms with Crippen LogP contribution in [-0.4, -0.2) is 38.9 Å². The monoisotopic (exact) mass is 334 g/mol. The van der Waals surface area contributed by atoms with Crippen LogP contribution in [0.1, 0.15) is 52.7 Å². The number of pyridine rings is 1. The first kappa shape index (κ1) is 18.6. The van der Waals surface area contributed by atoms with Crippen molar-refractivity contribution in [2.24, 2.45) is 17.3 Å². The van der Waals surface area contributed by atoms with Crippen molar-refractivity contribution in [1.82, 2.24) is 4.98 Å². The molecule has 0 bridgehead atoms. The van der Waals surface area contributed by atoms with Crippen molar-refractivity contribution < 1.29 is 14.3 Å². The molecule has 1 saturated heterocycles. The van der Waals surface area contributed by atoms with Gasteiger partial charge in [-0.1, -0.05) is 33.8 Å². The number of ether oxygens (including phenoxy) is 1. The first-order valence-corrected chi connectivity index (χ1v) is 8.64. The van der Waals surface area contributed by atoms with Gasteiger partial charge >= 0.3 is 0 Å². The van der Waals surface area contributed by atoms with E-state index in [2.05, 4.69) is 50.1 Å². The molecule has 23 heavy (non-hydrogen) atoms. The summed E-state index contributed by atoms with van der Waals surface area (Å²) < 4.78 is 11.7. The second-order valence-corrected chi connectivity index (χ2v) is 8.29. The molecule has 4 nitrogen and oxygen atoms in total. The summed E-state index contributed by atoms with van der Waals surface area (Å²) in [4.78, 5) is 4.19. The average molecular weight is 335 g/mol. The predicted octanol–water partition coefficient (Wildman–Crippen LogP) is 3.06. The molecule has 0 aliphatic carbocycles. The Morgan fingerprint density at radius 1 is 1.43 bits per heavy atom. The maximum Gasteiger partial charge on any atom is 0.247 e. The molecule has 1 aromatic heterocycles. The van der Waals surface area contributed by atoms with Gasteiger partial charge in [-0.3, -0.25) is 4.98 Å². The minimum atomic E-state index is -0.566. The van der Waals surface area contributed by atoms with Gasteiger partial charge in [0, 0.05) is 18.3 Å². The minimum Gasteiger partial charge on any atom is -0.413 e. The Hall–Kier alpha value is -0.753. The first-order valence-electron chi connectivity index (χ1n) is 8.23. The summed E-state index contributed by atoms with van der Waals surface area (Å²) in [6, 6.07) is 3.89.